The average molecular weight is 392 g/mol. The summed E-state index contributed by atoms with van der Waals surface area (Å²) in [7, 11) is 1.54. The van der Waals surface area contributed by atoms with Crippen LogP contribution in [-0.4, -0.2) is 21.6 Å². The van der Waals surface area contributed by atoms with Crippen LogP contribution in [-0.2, 0) is 23.7 Å². The Morgan fingerprint density at radius 3 is 2.21 bits per heavy atom. The summed E-state index contributed by atoms with van der Waals surface area (Å²) in [5.41, 5.74) is 6.62. The SMILES string of the molecule is Cn1nc(CC(=O)NNC(=O)c2ccc(C(C)(C)C)cc2)c2ccccc2c1=O. The highest BCUT2D eigenvalue weighted by Gasteiger charge is 2.15. The molecule has 0 unspecified atom stereocenters. The number of carbonyl (C=O) groups excluding carboxylic acids is 2. The molecule has 0 atom stereocenters. The summed E-state index contributed by atoms with van der Waals surface area (Å²) in [5, 5.41) is 5.31. The van der Waals surface area contributed by atoms with Crippen molar-refractivity contribution in [2.24, 2.45) is 7.05 Å². The number of rotatable bonds is 3. The molecular formula is C22H24N4O3. The minimum atomic E-state index is -0.430. The standard InChI is InChI=1S/C22H24N4O3/c1-22(2,3)15-11-9-14(10-12-15)20(28)24-23-19(27)13-18-16-7-5-6-8-17(16)21(29)26(4)25-18/h5-12H,13H2,1-4H3,(H,23,27)(H,24,28). The van der Waals surface area contributed by atoms with E-state index in [0.29, 0.717) is 22.0 Å². The van der Waals surface area contributed by atoms with Gasteiger partial charge in [-0.3, -0.25) is 25.2 Å². The van der Waals surface area contributed by atoms with Crippen LogP contribution < -0.4 is 16.4 Å². The third-order valence-corrected chi connectivity index (χ3v) is 4.69. The van der Waals surface area contributed by atoms with Gasteiger partial charge in [0.15, 0.2) is 0 Å². The van der Waals surface area contributed by atoms with E-state index in [4.69, 9.17) is 0 Å². The molecule has 0 bridgehead atoms. The van der Waals surface area contributed by atoms with E-state index >= 15 is 0 Å². The normalized spacial score (nSPS) is 11.3. The number of aryl methyl sites for hydroxylation is 1. The third-order valence-electron chi connectivity index (χ3n) is 4.69. The number of amides is 2. The second kappa shape index (κ2) is 7.87. The largest absolute Gasteiger partial charge is 0.274 e. The van der Waals surface area contributed by atoms with Crippen LogP contribution in [0.3, 0.4) is 0 Å². The summed E-state index contributed by atoms with van der Waals surface area (Å²) in [5.74, 6) is -0.835. The van der Waals surface area contributed by atoms with Gasteiger partial charge in [-0.2, -0.15) is 5.10 Å². The van der Waals surface area contributed by atoms with Gasteiger partial charge in [0.05, 0.1) is 17.5 Å². The van der Waals surface area contributed by atoms with Gasteiger partial charge in [-0.1, -0.05) is 51.1 Å². The fourth-order valence-corrected chi connectivity index (χ4v) is 3.02. The maximum atomic E-state index is 12.3. The van der Waals surface area contributed by atoms with Crippen LogP contribution in [0.5, 0.6) is 0 Å². The Morgan fingerprint density at radius 1 is 0.966 bits per heavy atom. The average Bonchev–Trinajstić information content (AvgIpc) is 2.69. The molecule has 0 aliphatic rings. The quantitative estimate of drug-likeness (QED) is 0.669. The second-order valence-corrected chi connectivity index (χ2v) is 7.93. The molecule has 2 N–H and O–H groups in total. The molecule has 1 heterocycles. The van der Waals surface area contributed by atoms with Crippen molar-refractivity contribution in [2.45, 2.75) is 32.6 Å². The van der Waals surface area contributed by atoms with Gasteiger partial charge in [0, 0.05) is 18.0 Å². The molecular weight excluding hydrogens is 368 g/mol. The predicted octanol–water partition coefficient (Wildman–Crippen LogP) is 2.23. The molecule has 0 saturated heterocycles. The number of nitrogens with one attached hydrogen (secondary N) is 2. The van der Waals surface area contributed by atoms with E-state index in [0.717, 1.165) is 5.56 Å². The van der Waals surface area contributed by atoms with Crippen molar-refractivity contribution in [3.63, 3.8) is 0 Å². The smallest absolute Gasteiger partial charge is 0.273 e. The number of aromatic nitrogens is 2. The molecule has 0 aliphatic carbocycles. The number of hydrazine groups is 1. The maximum absolute atomic E-state index is 12.3. The fourth-order valence-electron chi connectivity index (χ4n) is 3.02. The highest BCUT2D eigenvalue weighted by atomic mass is 16.2. The van der Waals surface area contributed by atoms with Gasteiger partial charge in [0.2, 0.25) is 5.91 Å². The summed E-state index contributed by atoms with van der Waals surface area (Å²) < 4.78 is 1.21. The Kier molecular flexibility index (Phi) is 5.50. The number of nitrogens with zero attached hydrogens (tertiary/aromatic N) is 2. The van der Waals surface area contributed by atoms with E-state index in [1.807, 2.05) is 12.1 Å². The van der Waals surface area contributed by atoms with Crippen LogP contribution in [0.25, 0.3) is 10.8 Å². The van der Waals surface area contributed by atoms with Crippen molar-refractivity contribution in [3.05, 3.63) is 75.7 Å². The monoisotopic (exact) mass is 392 g/mol. The summed E-state index contributed by atoms with van der Waals surface area (Å²) in [6.07, 6.45) is -0.0716. The summed E-state index contributed by atoms with van der Waals surface area (Å²) in [4.78, 5) is 36.8. The number of fused-ring (bicyclic) bond motifs is 1. The zero-order valence-electron chi connectivity index (χ0n) is 16.9. The highest BCUT2D eigenvalue weighted by Crippen LogP contribution is 2.22. The lowest BCUT2D eigenvalue weighted by molar-refractivity contribution is -0.121. The molecule has 7 nitrogen and oxygen atoms in total. The molecule has 1 aromatic heterocycles. The third kappa shape index (κ3) is 4.51. The first-order valence-corrected chi connectivity index (χ1v) is 9.31. The van der Waals surface area contributed by atoms with E-state index in [-0.39, 0.29) is 17.4 Å². The summed E-state index contributed by atoms with van der Waals surface area (Å²) in [6.45, 7) is 6.29. The van der Waals surface area contributed by atoms with Crippen molar-refractivity contribution < 1.29 is 9.59 Å². The summed E-state index contributed by atoms with van der Waals surface area (Å²) in [6, 6.07) is 14.3. The molecule has 3 rings (SSSR count). The van der Waals surface area contributed by atoms with Crippen LogP contribution in [0.2, 0.25) is 0 Å². The molecule has 0 radical (unpaired) electrons. The van der Waals surface area contributed by atoms with Crippen LogP contribution in [0, 0.1) is 0 Å². The van der Waals surface area contributed by atoms with E-state index in [1.165, 1.54) is 4.68 Å². The Labute approximate surface area is 168 Å². The Morgan fingerprint density at radius 2 is 1.59 bits per heavy atom. The lowest BCUT2D eigenvalue weighted by Gasteiger charge is -2.19. The Balaban J connectivity index is 1.68. The highest BCUT2D eigenvalue weighted by molar-refractivity contribution is 5.96. The number of hydrogen-bond donors (Lipinski definition) is 2. The number of carbonyl (C=O) groups is 2. The Bertz CT molecular complexity index is 1130. The summed E-state index contributed by atoms with van der Waals surface area (Å²) >= 11 is 0. The lowest BCUT2D eigenvalue weighted by Crippen LogP contribution is -2.42. The van der Waals surface area contributed by atoms with Gasteiger partial charge in [-0.15, -0.1) is 0 Å². The molecule has 2 amide bonds. The minimum absolute atomic E-state index is 0.00518. The van der Waals surface area contributed by atoms with Crippen LogP contribution in [0.1, 0.15) is 42.4 Å². The van der Waals surface area contributed by atoms with Crippen molar-refractivity contribution in [2.75, 3.05) is 0 Å². The molecule has 29 heavy (non-hydrogen) atoms. The first-order valence-electron chi connectivity index (χ1n) is 9.31. The molecule has 0 spiro atoms. The van der Waals surface area contributed by atoms with Crippen molar-refractivity contribution >= 4 is 22.6 Å². The molecule has 2 aromatic carbocycles. The topological polar surface area (TPSA) is 93.1 Å². The van der Waals surface area contributed by atoms with Crippen LogP contribution in [0.4, 0.5) is 0 Å². The molecule has 3 aromatic rings. The zero-order valence-corrected chi connectivity index (χ0v) is 16.9. The van der Waals surface area contributed by atoms with Gasteiger partial charge in [0.25, 0.3) is 11.5 Å². The van der Waals surface area contributed by atoms with Crippen LogP contribution >= 0.6 is 0 Å². The molecule has 0 aliphatic heterocycles. The molecule has 150 valence electrons. The minimum Gasteiger partial charge on any atom is -0.273 e. The van der Waals surface area contributed by atoms with Crippen LogP contribution in [0.15, 0.2) is 53.3 Å². The van der Waals surface area contributed by atoms with E-state index in [2.05, 4.69) is 36.7 Å². The van der Waals surface area contributed by atoms with E-state index < -0.39 is 11.8 Å². The Hall–Kier alpha value is -3.48. The van der Waals surface area contributed by atoms with Crippen molar-refractivity contribution in [1.29, 1.82) is 0 Å². The maximum Gasteiger partial charge on any atom is 0.274 e. The first kappa shape index (κ1) is 20.3. The van der Waals surface area contributed by atoms with Crippen molar-refractivity contribution in [3.8, 4) is 0 Å². The van der Waals surface area contributed by atoms with Gasteiger partial charge in [-0.05, 0) is 29.2 Å². The van der Waals surface area contributed by atoms with E-state index in [1.54, 1.807) is 43.4 Å². The molecule has 0 saturated carbocycles. The number of hydrogen-bond acceptors (Lipinski definition) is 4. The van der Waals surface area contributed by atoms with Gasteiger partial charge >= 0.3 is 0 Å². The number of benzene rings is 2. The molecule has 7 heteroatoms. The van der Waals surface area contributed by atoms with Gasteiger partial charge in [-0.25, -0.2) is 4.68 Å². The van der Waals surface area contributed by atoms with Crippen molar-refractivity contribution in [1.82, 2.24) is 20.6 Å². The zero-order chi connectivity index (χ0) is 21.2. The second-order valence-electron chi connectivity index (χ2n) is 7.93. The van der Waals surface area contributed by atoms with E-state index in [9.17, 15) is 14.4 Å². The fraction of sp³-hybridized carbons (Fsp3) is 0.273. The first-order chi connectivity index (χ1) is 13.7. The lowest BCUT2D eigenvalue weighted by atomic mass is 9.87. The predicted molar refractivity (Wildman–Crippen MR) is 111 cm³/mol. The van der Waals surface area contributed by atoms with Gasteiger partial charge < -0.3 is 0 Å². The molecule has 0 fully saturated rings. The van der Waals surface area contributed by atoms with Gasteiger partial charge in [0.1, 0.15) is 0 Å².